The van der Waals surface area contributed by atoms with Crippen LogP contribution in [-0.4, -0.2) is 48.7 Å². The molecule has 2 N–H and O–H groups in total. The van der Waals surface area contributed by atoms with Crippen LogP contribution >= 0.6 is 15.9 Å². The number of hydrogen-bond acceptors (Lipinski definition) is 7. The maximum Gasteiger partial charge on any atom is 0.202 e. The number of carbonyl (C=O) groups is 2. The second-order valence-electron chi connectivity index (χ2n) is 7.74. The molecule has 0 fully saturated rings. The number of rotatable bonds is 3. The van der Waals surface area contributed by atoms with Gasteiger partial charge in [-0.15, -0.1) is 0 Å². The summed E-state index contributed by atoms with van der Waals surface area (Å²) in [6.07, 6.45) is 1.31. The monoisotopic (exact) mass is 476 g/mol. The summed E-state index contributed by atoms with van der Waals surface area (Å²) in [5.74, 6) is -1.46. The van der Waals surface area contributed by atoms with Gasteiger partial charge in [0.1, 0.15) is 23.0 Å². The lowest BCUT2D eigenvalue weighted by Gasteiger charge is -2.35. The van der Waals surface area contributed by atoms with E-state index in [0.29, 0.717) is 34.9 Å². The molecule has 2 aliphatic carbocycles. The smallest absolute Gasteiger partial charge is 0.202 e. The molecule has 0 spiro atoms. The van der Waals surface area contributed by atoms with E-state index < -0.39 is 17.2 Å². The fraction of sp³-hybridized carbons (Fsp3) is 0.364. The van der Waals surface area contributed by atoms with Crippen LogP contribution in [-0.2, 0) is 17.6 Å². The van der Waals surface area contributed by atoms with Crippen molar-refractivity contribution in [1.29, 1.82) is 0 Å². The highest BCUT2D eigenvalue weighted by Gasteiger charge is 2.44. The minimum Gasteiger partial charge on any atom is -0.507 e. The third-order valence-electron chi connectivity index (χ3n) is 6.14. The Morgan fingerprint density at radius 3 is 2.10 bits per heavy atom. The van der Waals surface area contributed by atoms with E-state index in [2.05, 4.69) is 15.9 Å². The van der Waals surface area contributed by atoms with Crippen molar-refractivity contribution in [2.45, 2.75) is 31.8 Å². The van der Waals surface area contributed by atoms with Crippen LogP contribution in [0.2, 0.25) is 0 Å². The normalized spacial score (nSPS) is 19.8. The highest BCUT2D eigenvalue weighted by atomic mass is 79.9. The standard InChI is InChI=1S/C22H21BrO7/c1-22(30-4)6-5-9-10(8-22)18(25)15-14(17(9)24)19(26)13-12(28-2)7-11(23)21(29-3)16(13)20(15)27/h7,24-25H,5-6,8H2,1-4H3. The Balaban J connectivity index is 2.06. The van der Waals surface area contributed by atoms with Gasteiger partial charge in [0, 0.05) is 24.7 Å². The molecule has 0 bridgehead atoms. The van der Waals surface area contributed by atoms with Crippen LogP contribution in [0.15, 0.2) is 10.5 Å². The van der Waals surface area contributed by atoms with Crippen molar-refractivity contribution in [1.82, 2.24) is 0 Å². The maximum atomic E-state index is 13.5. The average Bonchev–Trinajstić information content (AvgIpc) is 2.73. The van der Waals surface area contributed by atoms with Crippen molar-refractivity contribution in [3.63, 3.8) is 0 Å². The van der Waals surface area contributed by atoms with Crippen LogP contribution in [0, 0.1) is 0 Å². The number of phenols is 2. The lowest BCUT2D eigenvalue weighted by Crippen LogP contribution is -2.35. The van der Waals surface area contributed by atoms with Crippen LogP contribution in [0.5, 0.6) is 23.0 Å². The molecule has 2 aromatic rings. The summed E-state index contributed by atoms with van der Waals surface area (Å²) >= 11 is 3.33. The Morgan fingerprint density at radius 2 is 1.53 bits per heavy atom. The molecule has 0 saturated heterocycles. The van der Waals surface area contributed by atoms with Crippen molar-refractivity contribution in [2.75, 3.05) is 21.3 Å². The van der Waals surface area contributed by atoms with Crippen LogP contribution in [0.25, 0.3) is 0 Å². The number of halogens is 1. The molecule has 8 heteroatoms. The van der Waals surface area contributed by atoms with Gasteiger partial charge in [0.05, 0.1) is 46.5 Å². The first-order valence-electron chi connectivity index (χ1n) is 9.37. The molecule has 2 aromatic carbocycles. The van der Waals surface area contributed by atoms with Crippen molar-refractivity contribution in [3.8, 4) is 23.0 Å². The number of fused-ring (bicyclic) bond motifs is 3. The molecule has 0 aromatic heterocycles. The summed E-state index contributed by atoms with van der Waals surface area (Å²) in [4.78, 5) is 27.0. The van der Waals surface area contributed by atoms with E-state index in [1.807, 2.05) is 6.92 Å². The zero-order valence-corrected chi connectivity index (χ0v) is 18.6. The van der Waals surface area contributed by atoms with E-state index >= 15 is 0 Å². The highest BCUT2D eigenvalue weighted by Crippen LogP contribution is 2.50. The van der Waals surface area contributed by atoms with Crippen molar-refractivity contribution >= 4 is 27.5 Å². The zero-order chi connectivity index (χ0) is 22.0. The topological polar surface area (TPSA) is 102 Å². The molecule has 1 atom stereocenters. The van der Waals surface area contributed by atoms with Crippen molar-refractivity contribution in [2.24, 2.45) is 0 Å². The fourth-order valence-corrected chi connectivity index (χ4v) is 4.98. The minimum absolute atomic E-state index is 0.00207. The fourth-order valence-electron chi connectivity index (χ4n) is 4.41. The molecule has 158 valence electrons. The largest absolute Gasteiger partial charge is 0.507 e. The zero-order valence-electron chi connectivity index (χ0n) is 17.0. The van der Waals surface area contributed by atoms with E-state index in [0.717, 1.165) is 0 Å². The number of ketones is 2. The van der Waals surface area contributed by atoms with E-state index in [9.17, 15) is 19.8 Å². The summed E-state index contributed by atoms with van der Waals surface area (Å²) in [7, 11) is 4.35. The Kier molecular flexibility index (Phi) is 4.82. The SMILES string of the molecule is COc1cc(Br)c(OC)c2c1C(=O)c1c(O)c3c(c(O)c1C2=O)CC(C)(OC)CC3. The molecule has 0 aliphatic heterocycles. The van der Waals surface area contributed by atoms with Gasteiger partial charge in [0.15, 0.2) is 0 Å². The van der Waals surface area contributed by atoms with Crippen LogP contribution < -0.4 is 9.47 Å². The Bertz CT molecular complexity index is 1120. The molecule has 0 saturated carbocycles. The number of aromatic hydroxyl groups is 2. The highest BCUT2D eigenvalue weighted by molar-refractivity contribution is 9.10. The summed E-state index contributed by atoms with van der Waals surface area (Å²) in [6.45, 7) is 1.90. The molecule has 0 amide bonds. The molecule has 4 rings (SSSR count). The van der Waals surface area contributed by atoms with Crippen LogP contribution in [0.1, 0.15) is 56.3 Å². The quantitative estimate of drug-likeness (QED) is 0.557. The molecule has 0 heterocycles. The van der Waals surface area contributed by atoms with Gasteiger partial charge < -0.3 is 24.4 Å². The maximum absolute atomic E-state index is 13.5. The van der Waals surface area contributed by atoms with Gasteiger partial charge in [-0.05, 0) is 41.8 Å². The molecular formula is C22H21BrO7. The molecule has 7 nitrogen and oxygen atoms in total. The van der Waals surface area contributed by atoms with Gasteiger partial charge in [-0.1, -0.05) is 0 Å². The predicted molar refractivity (Wildman–Crippen MR) is 111 cm³/mol. The summed E-state index contributed by atoms with van der Waals surface area (Å²) in [6, 6.07) is 1.53. The number of benzene rings is 2. The Labute approximate surface area is 181 Å². The average molecular weight is 477 g/mol. The number of carbonyl (C=O) groups excluding carboxylic acids is 2. The summed E-state index contributed by atoms with van der Waals surface area (Å²) < 4.78 is 16.7. The molecule has 0 radical (unpaired) electrons. The third kappa shape index (κ3) is 2.66. The second kappa shape index (κ2) is 6.99. The minimum atomic E-state index is -0.614. The van der Waals surface area contributed by atoms with Crippen molar-refractivity contribution < 1.29 is 34.0 Å². The van der Waals surface area contributed by atoms with Crippen molar-refractivity contribution in [3.05, 3.63) is 43.9 Å². The van der Waals surface area contributed by atoms with E-state index in [4.69, 9.17) is 14.2 Å². The molecule has 30 heavy (non-hydrogen) atoms. The molecule has 2 aliphatic rings. The number of hydrogen-bond donors (Lipinski definition) is 2. The van der Waals surface area contributed by atoms with Crippen LogP contribution in [0.3, 0.4) is 0 Å². The molecular weight excluding hydrogens is 456 g/mol. The Hall–Kier alpha value is -2.58. The number of methoxy groups -OCH3 is 3. The van der Waals surface area contributed by atoms with E-state index in [1.54, 1.807) is 7.11 Å². The van der Waals surface area contributed by atoms with Crippen LogP contribution in [0.4, 0.5) is 0 Å². The Morgan fingerprint density at radius 1 is 0.933 bits per heavy atom. The number of phenolic OH excluding ortho intramolecular Hbond substituents is 2. The van der Waals surface area contributed by atoms with Gasteiger partial charge in [-0.3, -0.25) is 9.59 Å². The summed E-state index contributed by atoms with van der Waals surface area (Å²) in [5, 5.41) is 22.1. The van der Waals surface area contributed by atoms with Gasteiger partial charge in [-0.25, -0.2) is 0 Å². The summed E-state index contributed by atoms with van der Waals surface area (Å²) in [5.41, 5.74) is -0.0893. The van der Waals surface area contributed by atoms with E-state index in [-0.39, 0.29) is 45.3 Å². The molecule has 1 unspecified atom stereocenters. The second-order valence-corrected chi connectivity index (χ2v) is 8.59. The van der Waals surface area contributed by atoms with Gasteiger partial charge in [0.25, 0.3) is 0 Å². The lowest BCUT2D eigenvalue weighted by atomic mass is 9.74. The van der Waals surface area contributed by atoms with Gasteiger partial charge >= 0.3 is 0 Å². The predicted octanol–water partition coefficient (Wildman–Crippen LogP) is 3.55. The first kappa shape index (κ1) is 20.7. The first-order chi connectivity index (χ1) is 14.2. The van der Waals surface area contributed by atoms with E-state index in [1.165, 1.54) is 20.3 Å². The van der Waals surface area contributed by atoms with Gasteiger partial charge in [-0.2, -0.15) is 0 Å². The first-order valence-corrected chi connectivity index (χ1v) is 10.2. The van der Waals surface area contributed by atoms with Gasteiger partial charge in [0.2, 0.25) is 11.6 Å². The lowest BCUT2D eigenvalue weighted by molar-refractivity contribution is -0.00574. The third-order valence-corrected chi connectivity index (χ3v) is 6.73. The number of ether oxygens (including phenoxy) is 3.